The van der Waals surface area contributed by atoms with E-state index in [1.165, 1.54) is 0 Å². The molecule has 0 spiro atoms. The second-order valence-corrected chi connectivity index (χ2v) is 4.54. The van der Waals surface area contributed by atoms with Crippen LogP contribution >= 0.6 is 11.8 Å². The minimum atomic E-state index is -0.150. The molecule has 0 radical (unpaired) electrons. The first-order chi connectivity index (χ1) is 8.19. The predicted molar refractivity (Wildman–Crippen MR) is 72.7 cm³/mol. The van der Waals surface area contributed by atoms with E-state index >= 15 is 0 Å². The third-order valence-electron chi connectivity index (χ3n) is 2.32. The summed E-state index contributed by atoms with van der Waals surface area (Å²) in [7, 11) is 1.56. The first-order valence-electron chi connectivity index (χ1n) is 5.39. The molecule has 0 aliphatic rings. The van der Waals surface area contributed by atoms with Gasteiger partial charge in [0.1, 0.15) is 5.75 Å². The average molecular weight is 254 g/mol. The van der Waals surface area contributed by atoms with E-state index < -0.39 is 0 Å². The van der Waals surface area contributed by atoms with Crippen molar-refractivity contribution >= 4 is 23.4 Å². The van der Waals surface area contributed by atoms with Gasteiger partial charge in [0.15, 0.2) is 0 Å². The van der Waals surface area contributed by atoms with Crippen LogP contribution in [0.2, 0.25) is 0 Å². The van der Waals surface area contributed by atoms with Crippen LogP contribution < -0.4 is 15.8 Å². The molecule has 17 heavy (non-hydrogen) atoms. The normalized spacial score (nSPS) is 10.0. The fraction of sp³-hybridized carbons (Fsp3) is 0.417. The van der Waals surface area contributed by atoms with Crippen molar-refractivity contribution in [3.63, 3.8) is 0 Å². The summed E-state index contributed by atoms with van der Waals surface area (Å²) in [5.41, 5.74) is 6.69. The van der Waals surface area contributed by atoms with Gasteiger partial charge in [-0.1, -0.05) is 0 Å². The van der Waals surface area contributed by atoms with Gasteiger partial charge in [0, 0.05) is 12.2 Å². The smallest absolute Gasteiger partial charge is 0.253 e. The number of hydrogen-bond acceptors (Lipinski definition) is 4. The quantitative estimate of drug-likeness (QED) is 0.600. The highest BCUT2D eigenvalue weighted by molar-refractivity contribution is 7.98. The van der Waals surface area contributed by atoms with Gasteiger partial charge < -0.3 is 15.8 Å². The molecular formula is C12H18N2O2S. The number of rotatable bonds is 6. The lowest BCUT2D eigenvalue weighted by Crippen LogP contribution is -2.25. The zero-order valence-corrected chi connectivity index (χ0v) is 11.0. The summed E-state index contributed by atoms with van der Waals surface area (Å²) in [6.07, 6.45) is 3.00. The maximum absolute atomic E-state index is 11.8. The maximum Gasteiger partial charge on any atom is 0.253 e. The number of carbonyl (C=O) groups is 1. The Balaban J connectivity index is 2.61. The lowest BCUT2D eigenvalue weighted by Gasteiger charge is -2.08. The summed E-state index contributed by atoms with van der Waals surface area (Å²) in [6.45, 7) is 0.663. The highest BCUT2D eigenvalue weighted by Crippen LogP contribution is 2.19. The molecule has 4 nitrogen and oxygen atoms in total. The molecule has 0 aliphatic carbocycles. The fourth-order valence-electron chi connectivity index (χ4n) is 1.37. The van der Waals surface area contributed by atoms with E-state index in [9.17, 15) is 4.79 Å². The van der Waals surface area contributed by atoms with Gasteiger partial charge >= 0.3 is 0 Å². The Morgan fingerprint density at radius 1 is 1.53 bits per heavy atom. The number of carbonyl (C=O) groups excluding carboxylic acids is 1. The average Bonchev–Trinajstić information content (AvgIpc) is 2.35. The molecule has 0 aliphatic heterocycles. The van der Waals surface area contributed by atoms with Gasteiger partial charge in [0.2, 0.25) is 0 Å². The first-order valence-corrected chi connectivity index (χ1v) is 6.79. The number of methoxy groups -OCH3 is 1. The molecular weight excluding hydrogens is 236 g/mol. The molecule has 0 unspecified atom stereocenters. The molecule has 0 saturated heterocycles. The standard InChI is InChI=1S/C12H18N2O2S/c1-16-9-4-5-11(13)10(8-9)12(15)14-6-3-7-17-2/h4-5,8H,3,6-7,13H2,1-2H3,(H,14,15). The van der Waals surface area contributed by atoms with E-state index in [1.807, 2.05) is 6.26 Å². The van der Waals surface area contributed by atoms with Gasteiger partial charge in [-0.2, -0.15) is 11.8 Å². The highest BCUT2D eigenvalue weighted by Gasteiger charge is 2.10. The van der Waals surface area contributed by atoms with Crippen LogP contribution in [-0.2, 0) is 0 Å². The fourth-order valence-corrected chi connectivity index (χ4v) is 1.81. The molecule has 0 heterocycles. The molecule has 1 amide bonds. The van der Waals surface area contributed by atoms with Crippen LogP contribution in [0.3, 0.4) is 0 Å². The summed E-state index contributed by atoms with van der Waals surface area (Å²) >= 11 is 1.76. The van der Waals surface area contributed by atoms with Crippen LogP contribution in [0.1, 0.15) is 16.8 Å². The van der Waals surface area contributed by atoms with E-state index in [1.54, 1.807) is 37.1 Å². The molecule has 1 aromatic carbocycles. The van der Waals surface area contributed by atoms with Crippen molar-refractivity contribution in [1.82, 2.24) is 5.32 Å². The van der Waals surface area contributed by atoms with Crippen LogP contribution in [0.5, 0.6) is 5.75 Å². The molecule has 3 N–H and O–H groups in total. The molecule has 0 aromatic heterocycles. The van der Waals surface area contributed by atoms with Crippen molar-refractivity contribution in [2.24, 2.45) is 0 Å². The van der Waals surface area contributed by atoms with Crippen molar-refractivity contribution in [3.8, 4) is 5.75 Å². The number of benzene rings is 1. The molecule has 0 bridgehead atoms. The number of nitrogens with two attached hydrogens (primary N) is 1. The summed E-state index contributed by atoms with van der Waals surface area (Å²) < 4.78 is 5.06. The Hall–Kier alpha value is -1.36. The predicted octanol–water partition coefficient (Wildman–Crippen LogP) is 1.76. The van der Waals surface area contributed by atoms with Crippen molar-refractivity contribution in [2.75, 3.05) is 31.4 Å². The number of amides is 1. The number of thioether (sulfide) groups is 1. The van der Waals surface area contributed by atoms with Crippen LogP contribution in [0.4, 0.5) is 5.69 Å². The summed E-state index contributed by atoms with van der Waals surface area (Å²) in [4.78, 5) is 11.8. The first kappa shape index (κ1) is 13.7. The van der Waals surface area contributed by atoms with Crippen molar-refractivity contribution in [1.29, 1.82) is 0 Å². The Labute approximate surface area is 106 Å². The second kappa shape index (κ2) is 7.06. The van der Waals surface area contributed by atoms with Crippen molar-refractivity contribution in [2.45, 2.75) is 6.42 Å². The molecule has 1 rings (SSSR count). The molecule has 0 saturated carbocycles. The molecule has 1 aromatic rings. The number of hydrogen-bond donors (Lipinski definition) is 2. The van der Waals surface area contributed by atoms with Gasteiger partial charge in [-0.25, -0.2) is 0 Å². The van der Waals surface area contributed by atoms with E-state index in [0.29, 0.717) is 23.5 Å². The minimum absolute atomic E-state index is 0.150. The Bertz CT molecular complexity index is 383. The Kier molecular flexibility index (Phi) is 5.69. The summed E-state index contributed by atoms with van der Waals surface area (Å²) in [5.74, 6) is 1.52. The second-order valence-electron chi connectivity index (χ2n) is 3.56. The molecule has 0 atom stereocenters. The van der Waals surface area contributed by atoms with Gasteiger partial charge in [-0.15, -0.1) is 0 Å². The lowest BCUT2D eigenvalue weighted by atomic mass is 10.1. The van der Waals surface area contributed by atoms with Crippen molar-refractivity contribution in [3.05, 3.63) is 23.8 Å². The monoisotopic (exact) mass is 254 g/mol. The highest BCUT2D eigenvalue weighted by atomic mass is 32.2. The summed E-state index contributed by atoms with van der Waals surface area (Å²) in [5, 5.41) is 2.84. The SMILES string of the molecule is COc1ccc(N)c(C(=O)NCCCSC)c1. The minimum Gasteiger partial charge on any atom is -0.497 e. The summed E-state index contributed by atoms with van der Waals surface area (Å²) in [6, 6.07) is 5.06. The zero-order chi connectivity index (χ0) is 12.7. The van der Waals surface area contributed by atoms with Crippen LogP contribution in [0.15, 0.2) is 18.2 Å². The topological polar surface area (TPSA) is 64.3 Å². The van der Waals surface area contributed by atoms with E-state index in [-0.39, 0.29) is 5.91 Å². The zero-order valence-electron chi connectivity index (χ0n) is 10.2. The van der Waals surface area contributed by atoms with Gasteiger partial charge in [0.25, 0.3) is 5.91 Å². The van der Waals surface area contributed by atoms with E-state index in [4.69, 9.17) is 10.5 Å². The third kappa shape index (κ3) is 4.19. The van der Waals surface area contributed by atoms with Crippen molar-refractivity contribution < 1.29 is 9.53 Å². The van der Waals surface area contributed by atoms with Crippen LogP contribution in [0.25, 0.3) is 0 Å². The van der Waals surface area contributed by atoms with Gasteiger partial charge in [-0.05, 0) is 36.6 Å². The maximum atomic E-state index is 11.8. The van der Waals surface area contributed by atoms with E-state index in [2.05, 4.69) is 5.32 Å². The largest absolute Gasteiger partial charge is 0.497 e. The third-order valence-corrected chi connectivity index (χ3v) is 3.01. The van der Waals surface area contributed by atoms with Crippen LogP contribution in [-0.4, -0.2) is 31.6 Å². The molecule has 5 heteroatoms. The van der Waals surface area contributed by atoms with Gasteiger partial charge in [0.05, 0.1) is 12.7 Å². The molecule has 94 valence electrons. The number of nitrogen functional groups attached to an aromatic ring is 1. The Morgan fingerprint density at radius 2 is 2.29 bits per heavy atom. The number of ether oxygens (including phenoxy) is 1. The number of nitrogens with one attached hydrogen (secondary N) is 1. The van der Waals surface area contributed by atoms with E-state index in [0.717, 1.165) is 12.2 Å². The molecule has 0 fully saturated rings. The number of anilines is 1. The lowest BCUT2D eigenvalue weighted by molar-refractivity contribution is 0.0954. The van der Waals surface area contributed by atoms with Gasteiger partial charge in [-0.3, -0.25) is 4.79 Å². The van der Waals surface area contributed by atoms with Crippen LogP contribution in [0, 0.1) is 0 Å². The Morgan fingerprint density at radius 3 is 2.94 bits per heavy atom.